The number of ether oxygens (including phenoxy) is 4. The molecule has 61 heavy (non-hydrogen) atoms. The molecule has 29 heteroatoms. The number of rotatable bonds is 25. The Bertz CT molecular complexity index is 1670. The fraction of sp³-hybridized carbons (Fsp3) is 0.688. The zero-order chi connectivity index (χ0) is 47.3. The molecule has 0 saturated heterocycles. The third-order valence-corrected chi connectivity index (χ3v) is 8.02. The predicted octanol–water partition coefficient (Wildman–Crippen LogP) is 12.8. The molecule has 1 heterocycles. The van der Waals surface area contributed by atoms with Gasteiger partial charge in [-0.05, 0) is 30.7 Å². The van der Waals surface area contributed by atoms with E-state index in [-0.39, 0.29) is 35.9 Å². The molecule has 2 aromatic rings. The van der Waals surface area contributed by atoms with E-state index in [1.807, 2.05) is 0 Å². The van der Waals surface area contributed by atoms with E-state index in [4.69, 9.17) is 4.74 Å². The van der Waals surface area contributed by atoms with Crippen LogP contribution in [0.3, 0.4) is 0 Å². The summed E-state index contributed by atoms with van der Waals surface area (Å²) in [6.45, 7) is 2.27. The Kier molecular flexibility index (Phi) is 16.5. The second kappa shape index (κ2) is 18.9. The maximum atomic E-state index is 15.0. The highest BCUT2D eigenvalue weighted by molar-refractivity contribution is 5.56. The minimum Gasteiger partial charge on any atom is -0.490 e. The van der Waals surface area contributed by atoms with Crippen molar-refractivity contribution in [2.24, 2.45) is 0 Å². The summed E-state index contributed by atoms with van der Waals surface area (Å²) in [6, 6.07) is 1.39. The van der Waals surface area contributed by atoms with E-state index in [0.717, 1.165) is 57.3 Å². The molecule has 0 fully saturated rings. The van der Waals surface area contributed by atoms with Crippen LogP contribution in [0.4, 0.5) is 101 Å². The van der Waals surface area contributed by atoms with Crippen molar-refractivity contribution in [2.75, 3.05) is 6.61 Å². The van der Waals surface area contributed by atoms with Crippen molar-refractivity contribution in [3.63, 3.8) is 0 Å². The molecule has 1 aromatic heterocycles. The minimum absolute atomic E-state index is 0.0845. The molecule has 0 bridgehead atoms. The van der Waals surface area contributed by atoms with Gasteiger partial charge in [-0.1, -0.05) is 51.9 Å². The first kappa shape index (κ1) is 53.3. The summed E-state index contributed by atoms with van der Waals surface area (Å²) in [5.74, 6) is -50.0. The number of alkyl halides is 23. The van der Waals surface area contributed by atoms with Crippen LogP contribution < -0.4 is 9.47 Å². The number of unbranched alkanes of at least 4 members (excludes halogenated alkanes) is 7. The molecule has 0 N–H and O–H groups in total. The molecule has 352 valence electrons. The zero-order valence-corrected chi connectivity index (χ0v) is 30.2. The normalized spacial score (nSPS) is 15.0. The smallest absolute Gasteiger partial charge is 0.460 e. The van der Waals surface area contributed by atoms with Gasteiger partial charge in [-0.25, -0.2) is 23.5 Å². The van der Waals surface area contributed by atoms with Crippen LogP contribution in [0.15, 0.2) is 36.7 Å². The summed E-state index contributed by atoms with van der Waals surface area (Å²) in [5, 5.41) is 0. The van der Waals surface area contributed by atoms with Crippen LogP contribution in [0.1, 0.15) is 58.3 Å². The molecule has 2 rings (SSSR count). The largest absolute Gasteiger partial charge is 0.490 e. The molecule has 0 aliphatic heterocycles. The van der Waals surface area contributed by atoms with Gasteiger partial charge < -0.3 is 9.47 Å². The van der Waals surface area contributed by atoms with E-state index in [9.17, 15) is 92.2 Å². The highest BCUT2D eigenvalue weighted by Gasteiger charge is 2.87. The van der Waals surface area contributed by atoms with E-state index in [0.29, 0.717) is 18.6 Å². The van der Waals surface area contributed by atoms with E-state index >= 15 is 8.78 Å². The van der Waals surface area contributed by atoms with Gasteiger partial charge in [0.05, 0.1) is 19.0 Å². The summed E-state index contributed by atoms with van der Waals surface area (Å²) >= 11 is 0. The van der Waals surface area contributed by atoms with Gasteiger partial charge in [-0.15, -0.1) is 0 Å². The average molecular weight is 943 g/mol. The van der Waals surface area contributed by atoms with Crippen LogP contribution in [0.5, 0.6) is 11.5 Å². The average Bonchev–Trinajstić information content (AvgIpc) is 3.13. The van der Waals surface area contributed by atoms with Gasteiger partial charge in [0, 0.05) is 5.56 Å². The summed E-state index contributed by atoms with van der Waals surface area (Å²) in [4.78, 5) is 7.65. The second-order valence-electron chi connectivity index (χ2n) is 12.7. The fourth-order valence-electron chi connectivity index (χ4n) is 4.48. The lowest BCUT2D eigenvalue weighted by molar-refractivity contribution is -0.523. The first-order chi connectivity index (χ1) is 27.5. The Balaban J connectivity index is 2.47. The van der Waals surface area contributed by atoms with Crippen LogP contribution in [-0.2, 0) is 9.47 Å². The number of hydrogen-bond donors (Lipinski definition) is 0. The number of halogens is 23. The van der Waals surface area contributed by atoms with E-state index < -0.39 is 78.5 Å². The minimum atomic E-state index is -8.40. The summed E-state index contributed by atoms with van der Waals surface area (Å²) in [7, 11) is 0. The molecule has 0 saturated carbocycles. The number of benzene rings is 1. The van der Waals surface area contributed by atoms with Crippen molar-refractivity contribution < 1.29 is 120 Å². The highest BCUT2D eigenvalue weighted by Crippen LogP contribution is 2.58. The van der Waals surface area contributed by atoms with Crippen molar-refractivity contribution >= 4 is 0 Å². The Labute approximate surface area is 327 Å². The standard InChI is InChI=1S/C32H29F23N2O4/c1-2-3-4-5-6-7-8-9-14-58-19-15-56-20(57-16-19)17-10-12-18(13-11-17)59-22(60-30(50,51)25(39,40)23(35,36)21(33)34)24(37,38)26(41,42)31(52,53)61-32(54,55)28(45,46)27(43,44)29(47,48)49/h10-13,15-16,21-22H,2-9,14H2,1H3. The molecule has 1 unspecified atom stereocenters. The Morgan fingerprint density at radius 2 is 0.951 bits per heavy atom. The third-order valence-electron chi connectivity index (χ3n) is 8.02. The second-order valence-corrected chi connectivity index (χ2v) is 12.7. The molecular formula is C32H29F23N2O4. The van der Waals surface area contributed by atoms with Crippen molar-refractivity contribution in [3.05, 3.63) is 36.7 Å². The molecule has 0 spiro atoms. The number of hydrogen-bond acceptors (Lipinski definition) is 6. The first-order valence-electron chi connectivity index (χ1n) is 16.8. The number of aromatic nitrogens is 2. The summed E-state index contributed by atoms with van der Waals surface area (Å²) < 4.78 is 326. The maximum Gasteiger partial charge on any atom is 0.460 e. The van der Waals surface area contributed by atoms with Gasteiger partial charge in [0.1, 0.15) is 5.75 Å². The van der Waals surface area contributed by atoms with Crippen LogP contribution in [0.2, 0.25) is 0 Å². The van der Waals surface area contributed by atoms with Gasteiger partial charge in [-0.2, -0.15) is 92.2 Å². The molecule has 0 aliphatic carbocycles. The van der Waals surface area contributed by atoms with Gasteiger partial charge >= 0.3 is 66.5 Å². The fourth-order valence-corrected chi connectivity index (χ4v) is 4.48. The van der Waals surface area contributed by atoms with Crippen molar-refractivity contribution in [2.45, 2.75) is 131 Å². The highest BCUT2D eigenvalue weighted by atomic mass is 19.4. The lowest BCUT2D eigenvalue weighted by atomic mass is 10.1. The summed E-state index contributed by atoms with van der Waals surface area (Å²) in [6.07, 6.45) is -33.9. The van der Waals surface area contributed by atoms with E-state index in [1.165, 1.54) is 4.74 Å². The van der Waals surface area contributed by atoms with Crippen LogP contribution in [0, 0.1) is 0 Å². The Morgan fingerprint density at radius 3 is 1.41 bits per heavy atom. The van der Waals surface area contributed by atoms with Gasteiger partial charge in [0.15, 0.2) is 11.6 Å². The zero-order valence-electron chi connectivity index (χ0n) is 30.2. The maximum absolute atomic E-state index is 15.0. The van der Waals surface area contributed by atoms with Gasteiger partial charge in [0.2, 0.25) is 0 Å². The summed E-state index contributed by atoms with van der Waals surface area (Å²) in [5.41, 5.74) is -0.288. The monoisotopic (exact) mass is 942 g/mol. The third kappa shape index (κ3) is 11.2. The quantitative estimate of drug-likeness (QED) is 0.0561. The van der Waals surface area contributed by atoms with E-state index in [1.54, 1.807) is 0 Å². The molecule has 0 amide bonds. The van der Waals surface area contributed by atoms with Crippen molar-refractivity contribution in [1.29, 1.82) is 0 Å². The molecule has 0 aliphatic rings. The van der Waals surface area contributed by atoms with Crippen molar-refractivity contribution in [3.8, 4) is 22.9 Å². The molecule has 1 atom stereocenters. The van der Waals surface area contributed by atoms with Crippen LogP contribution >= 0.6 is 0 Å². The molecule has 6 nitrogen and oxygen atoms in total. The Hall–Kier alpha value is -3.79. The molecule has 1 aromatic carbocycles. The lowest BCUT2D eigenvalue weighted by Gasteiger charge is -2.40. The Morgan fingerprint density at radius 1 is 0.508 bits per heavy atom. The SMILES string of the molecule is CCCCCCCCCCOc1cnc(-c2ccc(OC(OC(F)(F)C(F)(F)C(F)(F)C(F)F)C(F)(F)C(F)(F)C(F)(F)OC(F)(F)C(F)(F)C(F)(F)C(F)(F)F)cc2)nc1. The van der Waals surface area contributed by atoms with Crippen molar-refractivity contribution in [1.82, 2.24) is 9.97 Å². The molecule has 0 radical (unpaired) electrons. The molecular weight excluding hydrogens is 913 g/mol. The van der Waals surface area contributed by atoms with Gasteiger partial charge in [0.25, 0.3) is 6.29 Å². The predicted molar refractivity (Wildman–Crippen MR) is 159 cm³/mol. The topological polar surface area (TPSA) is 62.7 Å². The van der Waals surface area contributed by atoms with Crippen LogP contribution in [-0.4, -0.2) is 89.3 Å². The number of nitrogens with zero attached hydrogens (tertiary/aromatic N) is 2. The van der Waals surface area contributed by atoms with Gasteiger partial charge in [-0.3, -0.25) is 4.74 Å². The lowest BCUT2D eigenvalue weighted by Crippen LogP contribution is -2.68. The van der Waals surface area contributed by atoms with E-state index in [2.05, 4.69) is 26.4 Å². The first-order valence-corrected chi connectivity index (χ1v) is 16.8. The van der Waals surface area contributed by atoms with Crippen LogP contribution in [0.25, 0.3) is 11.4 Å².